The van der Waals surface area contributed by atoms with Gasteiger partial charge in [-0.15, -0.1) is 6.58 Å². The Balaban J connectivity index is 0.887. The van der Waals surface area contributed by atoms with E-state index in [4.69, 9.17) is 21.4 Å². The molecule has 4 aliphatic rings. The van der Waals surface area contributed by atoms with E-state index in [-0.39, 0.29) is 33.9 Å². The van der Waals surface area contributed by atoms with E-state index in [2.05, 4.69) is 68.8 Å². The van der Waals surface area contributed by atoms with Gasteiger partial charge >= 0.3 is 5.92 Å². The minimum atomic E-state index is -3.15. The Bertz CT molecular complexity index is 2420. The van der Waals surface area contributed by atoms with Crippen LogP contribution in [0.5, 0.6) is 0 Å². The minimum absolute atomic E-state index is 0.0190. The minimum Gasteiger partial charge on any atom is -0.483 e. The predicted octanol–water partition coefficient (Wildman–Crippen LogP) is 9.15. The molecule has 3 N–H and O–H groups in total. The summed E-state index contributed by atoms with van der Waals surface area (Å²) in [7, 11) is 5.55. The van der Waals surface area contributed by atoms with Crippen LogP contribution in [0.1, 0.15) is 74.1 Å². The lowest BCUT2D eigenvalue weighted by Gasteiger charge is -2.41. The van der Waals surface area contributed by atoms with Gasteiger partial charge in [-0.3, -0.25) is 4.68 Å². The van der Waals surface area contributed by atoms with Crippen LogP contribution in [-0.4, -0.2) is 95.7 Å². The van der Waals surface area contributed by atoms with Crippen molar-refractivity contribution in [2.75, 3.05) is 68.5 Å². The molecule has 2 saturated heterocycles. The fourth-order valence-corrected chi connectivity index (χ4v) is 9.22. The van der Waals surface area contributed by atoms with E-state index in [1.54, 1.807) is 11.9 Å². The molecule has 0 aliphatic carbocycles. The summed E-state index contributed by atoms with van der Waals surface area (Å²) in [5, 5.41) is 15.2. The molecule has 2 atom stereocenters. The standard InChI is InChI=1S/C46H55ClF4N10O/c1-8-30(10-9-27(2)52-5)40-33-12-11-32(21-39(33)59(7)57-40)31-13-17-60(18-14-31)25-45(49)15-19-61(20-16-45)44-53-24-35(47)43(56-44)55-37-22-34-38(23-36(37)48)58(6)28(3)42-41(34)54-29(4)46(50,51)26-62-42/h8,11-12,21-24,29-31,52,54H,1-3,9-10,13-20,25-26H2,4-7H3,(H,53,55,56). The highest BCUT2D eigenvalue weighted by molar-refractivity contribution is 6.33. The van der Waals surface area contributed by atoms with E-state index in [1.807, 2.05) is 29.8 Å². The molecule has 2 fully saturated rings. The summed E-state index contributed by atoms with van der Waals surface area (Å²) < 4.78 is 69.2. The van der Waals surface area contributed by atoms with E-state index in [1.165, 1.54) is 30.8 Å². The summed E-state index contributed by atoms with van der Waals surface area (Å²) in [6.07, 6.45) is 7.64. The first-order valence-electron chi connectivity index (χ1n) is 21.3. The van der Waals surface area contributed by atoms with Gasteiger partial charge in [-0.2, -0.15) is 10.1 Å². The van der Waals surface area contributed by atoms with Crippen LogP contribution >= 0.6 is 11.6 Å². The number of aryl methyl sites for hydroxylation is 1. The zero-order chi connectivity index (χ0) is 44.1. The van der Waals surface area contributed by atoms with Gasteiger partial charge in [0.1, 0.15) is 16.5 Å². The van der Waals surface area contributed by atoms with Crippen LogP contribution in [0.25, 0.3) is 16.6 Å². The van der Waals surface area contributed by atoms with E-state index < -0.39 is 30.1 Å². The number of piperidine rings is 2. The number of nitrogens with one attached hydrogen (secondary N) is 3. The normalized spacial score (nSPS) is 20.8. The second-order valence-corrected chi connectivity index (χ2v) is 17.6. The molecule has 2 aromatic carbocycles. The zero-order valence-electron chi connectivity index (χ0n) is 35.8. The first-order valence-corrected chi connectivity index (χ1v) is 21.6. The van der Waals surface area contributed by atoms with Crippen molar-refractivity contribution >= 4 is 51.3 Å². The summed E-state index contributed by atoms with van der Waals surface area (Å²) in [6, 6.07) is 8.25. The number of nitrogens with zero attached hydrogens (tertiary/aromatic N) is 7. The third kappa shape index (κ3) is 8.45. The number of halogens is 5. The second-order valence-electron chi connectivity index (χ2n) is 17.2. The van der Waals surface area contributed by atoms with Gasteiger partial charge in [0.05, 0.1) is 46.2 Å². The van der Waals surface area contributed by atoms with Crippen molar-refractivity contribution in [2.24, 2.45) is 7.05 Å². The lowest BCUT2D eigenvalue weighted by atomic mass is 9.87. The van der Waals surface area contributed by atoms with Crippen molar-refractivity contribution in [1.29, 1.82) is 0 Å². The Morgan fingerprint density at radius 3 is 2.56 bits per heavy atom. The van der Waals surface area contributed by atoms with Gasteiger partial charge in [0.15, 0.2) is 18.2 Å². The Labute approximate surface area is 365 Å². The van der Waals surface area contributed by atoms with Crippen molar-refractivity contribution in [1.82, 2.24) is 35.3 Å². The monoisotopic (exact) mass is 874 g/mol. The Hall–Kier alpha value is -5.28. The highest BCUT2D eigenvalue weighted by Crippen LogP contribution is 2.44. The summed E-state index contributed by atoms with van der Waals surface area (Å²) in [6.45, 7) is 15.5. The van der Waals surface area contributed by atoms with Crippen molar-refractivity contribution in [3.05, 3.63) is 107 Å². The molecule has 11 nitrogen and oxygen atoms in total. The van der Waals surface area contributed by atoms with Crippen LogP contribution in [0.4, 0.5) is 40.7 Å². The number of hydrogen-bond donors (Lipinski definition) is 3. The molecule has 0 saturated carbocycles. The number of fused-ring (bicyclic) bond motifs is 3. The highest BCUT2D eigenvalue weighted by Gasteiger charge is 2.44. The van der Waals surface area contributed by atoms with Gasteiger partial charge in [-0.05, 0) is 69.3 Å². The largest absolute Gasteiger partial charge is 0.483 e. The van der Waals surface area contributed by atoms with Gasteiger partial charge in [0.2, 0.25) is 5.95 Å². The molecule has 0 spiro atoms. The van der Waals surface area contributed by atoms with Crippen LogP contribution in [0, 0.1) is 5.82 Å². The molecule has 0 amide bonds. The number of allylic oxidation sites excluding steroid dienone is 2. The van der Waals surface area contributed by atoms with E-state index in [0.29, 0.717) is 61.3 Å². The molecular weight excluding hydrogens is 820 g/mol. The number of likely N-dealkylation sites (tertiary alicyclic amines) is 1. The molecule has 0 radical (unpaired) electrons. The summed E-state index contributed by atoms with van der Waals surface area (Å²) in [4.78, 5) is 14.8. The SMILES string of the molecule is C=CC(CCC(=C)NC)c1nn(C)c2cc(C3CCN(CC4(F)CCN(c5ncc(Cl)c(Nc6cc7c(cc6F)N(C)C(=C)C6=C7NC(C)C(F)(F)CO6)n5)CC4)CC3)ccc12. The molecule has 0 bridgehead atoms. The van der Waals surface area contributed by atoms with Crippen LogP contribution < -0.4 is 25.8 Å². The maximum absolute atomic E-state index is 16.5. The smallest absolute Gasteiger partial charge is 0.300 e. The maximum atomic E-state index is 16.5. The van der Waals surface area contributed by atoms with Gasteiger partial charge in [-0.25, -0.2) is 22.5 Å². The summed E-state index contributed by atoms with van der Waals surface area (Å²) in [5.74, 6) is -2.61. The van der Waals surface area contributed by atoms with Gasteiger partial charge in [-0.1, -0.05) is 43.0 Å². The molecule has 4 aliphatic heterocycles. The van der Waals surface area contributed by atoms with Crippen LogP contribution in [-0.2, 0) is 11.8 Å². The average Bonchev–Trinajstić information content (AvgIpc) is 3.52. The van der Waals surface area contributed by atoms with Crippen molar-refractivity contribution < 1.29 is 22.3 Å². The first kappa shape index (κ1) is 43.4. The molecule has 6 heterocycles. The number of benzene rings is 2. The second kappa shape index (κ2) is 17.1. The number of anilines is 4. The fraction of sp³-hybridized carbons (Fsp3) is 0.457. The first-order chi connectivity index (χ1) is 29.6. The number of alkyl halides is 3. The number of ether oxygens (including phenoxy) is 1. The molecule has 16 heteroatoms. The molecule has 62 heavy (non-hydrogen) atoms. The maximum Gasteiger partial charge on any atom is 0.300 e. The molecule has 8 rings (SSSR count). The predicted molar refractivity (Wildman–Crippen MR) is 239 cm³/mol. The quantitative estimate of drug-likeness (QED) is 0.0945. The summed E-state index contributed by atoms with van der Waals surface area (Å²) in [5.41, 5.74) is 4.56. The van der Waals surface area contributed by atoms with E-state index in [0.717, 1.165) is 61.1 Å². The molecule has 330 valence electrons. The topological polar surface area (TPSA) is 98.6 Å². The fourth-order valence-electron chi connectivity index (χ4n) is 9.08. The Kier molecular flexibility index (Phi) is 12.0. The van der Waals surface area contributed by atoms with Gasteiger partial charge in [0, 0.05) is 82.2 Å². The zero-order valence-corrected chi connectivity index (χ0v) is 36.6. The average molecular weight is 875 g/mol. The van der Waals surface area contributed by atoms with Crippen molar-refractivity contribution in [3.8, 4) is 0 Å². The Morgan fingerprint density at radius 1 is 1.11 bits per heavy atom. The Morgan fingerprint density at radius 2 is 1.85 bits per heavy atom. The third-order valence-electron chi connectivity index (χ3n) is 13.2. The third-order valence-corrected chi connectivity index (χ3v) is 13.4. The van der Waals surface area contributed by atoms with Crippen LogP contribution in [0.3, 0.4) is 0 Å². The molecular formula is C46H55ClF4N10O. The number of hydrogen-bond acceptors (Lipinski definition) is 10. The lowest BCUT2D eigenvalue weighted by molar-refractivity contribution is -0.0730. The number of aromatic nitrogens is 4. The van der Waals surface area contributed by atoms with Crippen molar-refractivity contribution in [3.63, 3.8) is 0 Å². The molecule has 2 unspecified atom stereocenters. The molecule has 2 aromatic heterocycles. The van der Waals surface area contributed by atoms with E-state index in [9.17, 15) is 8.78 Å². The lowest BCUT2D eigenvalue weighted by Crippen LogP contribution is -2.50. The number of rotatable bonds is 12. The van der Waals surface area contributed by atoms with Crippen LogP contribution in [0.15, 0.2) is 79.5 Å². The summed E-state index contributed by atoms with van der Waals surface area (Å²) >= 11 is 6.53. The highest BCUT2D eigenvalue weighted by atomic mass is 35.5. The number of likely N-dealkylation sites (N-methyl/N-ethyl adjacent to an activating group) is 1. The molecule has 4 aromatic rings. The van der Waals surface area contributed by atoms with Crippen molar-refractivity contribution in [2.45, 2.75) is 74.9 Å². The van der Waals surface area contributed by atoms with Crippen LogP contribution in [0.2, 0.25) is 5.02 Å². The van der Waals surface area contributed by atoms with Gasteiger partial charge < -0.3 is 35.4 Å². The van der Waals surface area contributed by atoms with E-state index >= 15 is 8.78 Å². The van der Waals surface area contributed by atoms with Gasteiger partial charge in [0.25, 0.3) is 0 Å².